The first-order chi connectivity index (χ1) is 15.2. The molecule has 4 rings (SSSR count). The highest BCUT2D eigenvalue weighted by Gasteiger charge is 2.23. The zero-order chi connectivity index (χ0) is 23.2. The zero-order valence-corrected chi connectivity index (χ0v) is 20.5. The molecule has 0 spiro atoms. The van der Waals surface area contributed by atoms with Crippen molar-refractivity contribution in [2.24, 2.45) is 14.1 Å². The summed E-state index contributed by atoms with van der Waals surface area (Å²) < 4.78 is 5.71. The van der Waals surface area contributed by atoms with Crippen molar-refractivity contribution >= 4 is 59.7 Å². The number of aromatic nitrogens is 5. The Morgan fingerprint density at radius 2 is 1.91 bits per heavy atom. The van der Waals surface area contributed by atoms with Crippen LogP contribution in [0.5, 0.6) is 0 Å². The molecule has 0 aliphatic heterocycles. The summed E-state index contributed by atoms with van der Waals surface area (Å²) in [6.07, 6.45) is 1.42. The average Bonchev–Trinajstić information content (AvgIpc) is 3.34. The van der Waals surface area contributed by atoms with E-state index in [9.17, 15) is 14.4 Å². The van der Waals surface area contributed by atoms with E-state index in [1.165, 1.54) is 33.8 Å². The number of nitrogens with zero attached hydrogens (tertiary/aromatic N) is 7. The second kappa shape index (κ2) is 8.60. The summed E-state index contributed by atoms with van der Waals surface area (Å²) in [5, 5.41) is 0.592. The molecule has 0 radical (unpaired) electrons. The van der Waals surface area contributed by atoms with Crippen LogP contribution >= 0.6 is 27.3 Å². The predicted octanol–water partition coefficient (Wildman–Crippen LogP) is 1.40. The number of anilines is 1. The lowest BCUT2D eigenvalue weighted by atomic mass is 10.3. The molecule has 0 atom stereocenters. The fraction of sp³-hybridized carbons (Fsp3) is 0.350. The molecule has 0 N–H and O–H groups in total. The number of hydrogen-bond donors (Lipinski definition) is 0. The van der Waals surface area contributed by atoms with Crippen LogP contribution in [0.3, 0.4) is 0 Å². The van der Waals surface area contributed by atoms with Crippen LogP contribution < -0.4 is 16.1 Å². The normalized spacial score (nSPS) is 11.7. The van der Waals surface area contributed by atoms with E-state index >= 15 is 0 Å². The molecule has 0 unspecified atom stereocenters. The van der Waals surface area contributed by atoms with E-state index in [1.54, 1.807) is 11.9 Å². The third-order valence-electron chi connectivity index (χ3n) is 5.16. The highest BCUT2D eigenvalue weighted by atomic mass is 79.9. The Hall–Kier alpha value is -2.83. The van der Waals surface area contributed by atoms with Gasteiger partial charge in [-0.3, -0.25) is 23.6 Å². The van der Waals surface area contributed by atoms with Gasteiger partial charge in [-0.2, -0.15) is 0 Å². The molecule has 1 aromatic carbocycles. The summed E-state index contributed by atoms with van der Waals surface area (Å²) in [6.45, 7) is 0.985. The number of imidazole rings is 1. The van der Waals surface area contributed by atoms with Gasteiger partial charge in [-0.05, 0) is 32.3 Å². The van der Waals surface area contributed by atoms with Crippen molar-refractivity contribution < 1.29 is 4.79 Å². The first-order valence-electron chi connectivity index (χ1n) is 9.79. The summed E-state index contributed by atoms with van der Waals surface area (Å²) >= 11 is 4.90. The number of carbonyl (C=O) groups excluding carboxylic acids is 1. The highest BCUT2D eigenvalue weighted by Crippen LogP contribution is 2.31. The fourth-order valence-electron chi connectivity index (χ4n) is 3.38. The number of benzene rings is 1. The molecule has 3 heterocycles. The molecule has 10 nitrogen and oxygen atoms in total. The third kappa shape index (κ3) is 4.00. The first kappa shape index (κ1) is 22.4. The van der Waals surface area contributed by atoms with Gasteiger partial charge >= 0.3 is 5.69 Å². The minimum absolute atomic E-state index is 0.100. The molecule has 0 bridgehead atoms. The van der Waals surface area contributed by atoms with Crippen LogP contribution in [-0.2, 0) is 25.4 Å². The predicted molar refractivity (Wildman–Crippen MR) is 128 cm³/mol. The molecule has 0 aliphatic rings. The van der Waals surface area contributed by atoms with Crippen LogP contribution in [0.1, 0.15) is 0 Å². The second-order valence-electron chi connectivity index (χ2n) is 7.71. The number of carbonyl (C=O) groups is 1. The largest absolute Gasteiger partial charge is 0.332 e. The van der Waals surface area contributed by atoms with E-state index in [-0.39, 0.29) is 23.6 Å². The number of amides is 1. The van der Waals surface area contributed by atoms with E-state index in [4.69, 9.17) is 0 Å². The van der Waals surface area contributed by atoms with Crippen LogP contribution in [0.25, 0.3) is 21.4 Å². The molecule has 0 saturated carbocycles. The summed E-state index contributed by atoms with van der Waals surface area (Å²) in [5.74, 6) is -0.222. The van der Waals surface area contributed by atoms with Crippen LogP contribution in [0, 0.1) is 0 Å². The van der Waals surface area contributed by atoms with Crippen molar-refractivity contribution in [1.29, 1.82) is 0 Å². The van der Waals surface area contributed by atoms with Crippen LogP contribution in [0.2, 0.25) is 0 Å². The van der Waals surface area contributed by atoms with Gasteiger partial charge in [0.25, 0.3) is 5.56 Å². The summed E-state index contributed by atoms with van der Waals surface area (Å²) in [7, 11) is 6.83. The van der Waals surface area contributed by atoms with Crippen molar-refractivity contribution in [2.45, 2.75) is 6.54 Å². The van der Waals surface area contributed by atoms with E-state index < -0.39 is 11.2 Å². The topological polar surface area (TPSA) is 98.3 Å². The molecule has 3 aromatic heterocycles. The second-order valence-corrected chi connectivity index (χ2v) is 9.63. The van der Waals surface area contributed by atoms with Crippen LogP contribution in [0.4, 0.5) is 5.13 Å². The standard InChI is InChI=1S/C20H22BrN7O3S/c1-24(2)7-8-28(19-23-13-6-5-12(21)9-14(13)32-19)15(29)10-27-11-22-17-16(27)18(30)26(4)20(31)25(17)3/h5-6,9,11H,7-8,10H2,1-4H3. The van der Waals surface area contributed by atoms with Gasteiger partial charge < -0.3 is 9.47 Å². The van der Waals surface area contributed by atoms with Gasteiger partial charge in [-0.15, -0.1) is 0 Å². The Morgan fingerprint density at radius 3 is 2.62 bits per heavy atom. The Bertz CT molecular complexity index is 1450. The lowest BCUT2D eigenvalue weighted by Crippen LogP contribution is -2.40. The molecule has 32 heavy (non-hydrogen) atoms. The number of hydrogen-bond acceptors (Lipinski definition) is 7. The van der Waals surface area contributed by atoms with Gasteiger partial charge in [0, 0.05) is 31.7 Å². The third-order valence-corrected chi connectivity index (χ3v) is 6.70. The van der Waals surface area contributed by atoms with Crippen molar-refractivity contribution in [3.8, 4) is 0 Å². The van der Waals surface area contributed by atoms with Crippen LogP contribution in [-0.4, -0.2) is 61.7 Å². The highest BCUT2D eigenvalue weighted by molar-refractivity contribution is 9.10. The molecule has 1 amide bonds. The molecule has 168 valence electrons. The zero-order valence-electron chi connectivity index (χ0n) is 18.1. The smallest absolute Gasteiger partial charge is 0.315 e. The Morgan fingerprint density at radius 1 is 1.16 bits per heavy atom. The SMILES string of the molecule is CN(C)CCN(C(=O)Cn1cnc2c1c(=O)n(C)c(=O)n2C)c1nc2ccc(Br)cc2s1. The van der Waals surface area contributed by atoms with E-state index in [2.05, 4.69) is 25.9 Å². The molecule has 4 aromatic rings. The van der Waals surface area contributed by atoms with Crippen LogP contribution in [0.15, 0.2) is 38.6 Å². The monoisotopic (exact) mass is 519 g/mol. The Labute approximate surface area is 195 Å². The quantitative estimate of drug-likeness (QED) is 0.381. The van der Waals surface area contributed by atoms with Crippen molar-refractivity contribution in [3.05, 3.63) is 49.8 Å². The summed E-state index contributed by atoms with van der Waals surface area (Å²) in [6, 6.07) is 5.79. The number of halogens is 1. The van der Waals surface area contributed by atoms with Gasteiger partial charge in [-0.25, -0.2) is 14.8 Å². The number of fused-ring (bicyclic) bond motifs is 2. The van der Waals surface area contributed by atoms with Gasteiger partial charge in [0.1, 0.15) is 6.54 Å². The molecule has 12 heteroatoms. The minimum atomic E-state index is -0.488. The van der Waals surface area contributed by atoms with Gasteiger partial charge in [0.2, 0.25) is 5.91 Å². The van der Waals surface area contributed by atoms with Crippen molar-refractivity contribution in [3.63, 3.8) is 0 Å². The van der Waals surface area contributed by atoms with E-state index in [0.29, 0.717) is 18.2 Å². The molecule has 0 fully saturated rings. The number of thiazole rings is 1. The molecule has 0 aliphatic carbocycles. The summed E-state index contributed by atoms with van der Waals surface area (Å²) in [4.78, 5) is 50.8. The lowest BCUT2D eigenvalue weighted by Gasteiger charge is -2.22. The Balaban J connectivity index is 1.73. The Kier molecular flexibility index (Phi) is 6.01. The minimum Gasteiger partial charge on any atom is -0.315 e. The first-order valence-corrected chi connectivity index (χ1v) is 11.4. The van der Waals surface area contributed by atoms with Gasteiger partial charge in [-0.1, -0.05) is 27.3 Å². The van der Waals surface area contributed by atoms with Gasteiger partial charge in [0.15, 0.2) is 16.3 Å². The number of likely N-dealkylation sites (N-methyl/N-ethyl adjacent to an activating group) is 1. The number of aryl methyl sites for hydroxylation is 1. The molecular formula is C20H22BrN7O3S. The van der Waals surface area contributed by atoms with E-state index in [1.807, 2.05) is 37.2 Å². The molecular weight excluding hydrogens is 498 g/mol. The lowest BCUT2D eigenvalue weighted by molar-refractivity contribution is -0.119. The maximum Gasteiger partial charge on any atom is 0.332 e. The maximum absolute atomic E-state index is 13.4. The van der Waals surface area contributed by atoms with E-state index in [0.717, 1.165) is 19.3 Å². The average molecular weight is 520 g/mol. The van der Waals surface area contributed by atoms with Crippen molar-refractivity contribution in [2.75, 3.05) is 32.1 Å². The number of rotatable bonds is 6. The maximum atomic E-state index is 13.4. The summed E-state index contributed by atoms with van der Waals surface area (Å²) in [5.41, 5.74) is 0.317. The fourth-order valence-corrected chi connectivity index (χ4v) is 4.94. The molecule has 0 saturated heterocycles. The van der Waals surface area contributed by atoms with Gasteiger partial charge in [0.05, 0.1) is 16.5 Å². The van der Waals surface area contributed by atoms with Crippen molar-refractivity contribution in [1.82, 2.24) is 28.6 Å².